The van der Waals surface area contributed by atoms with Gasteiger partial charge in [-0.25, -0.2) is 4.98 Å². The maximum Gasteiger partial charge on any atom is 0.0925 e. The van der Waals surface area contributed by atoms with E-state index in [9.17, 15) is 0 Å². The Bertz CT molecular complexity index is 669. The minimum Gasteiger partial charge on any atom is -0.379 e. The fourth-order valence-corrected chi connectivity index (χ4v) is 2.11. The first-order valence-corrected chi connectivity index (χ1v) is 6.60. The molecule has 0 aliphatic heterocycles. The van der Waals surface area contributed by atoms with E-state index in [1.807, 2.05) is 23.9 Å². The van der Waals surface area contributed by atoms with Crippen LogP contribution in [-0.2, 0) is 13.1 Å². The second kappa shape index (κ2) is 5.61. The summed E-state index contributed by atoms with van der Waals surface area (Å²) in [6, 6.07) is 10.3. The number of rotatable bonds is 5. The van der Waals surface area contributed by atoms with Crippen LogP contribution in [0.1, 0.15) is 17.0 Å². The van der Waals surface area contributed by atoms with Gasteiger partial charge < -0.3 is 10.3 Å². The molecule has 20 heavy (non-hydrogen) atoms. The Morgan fingerprint density at radius 3 is 3.00 bits per heavy atom. The van der Waals surface area contributed by atoms with Gasteiger partial charge in [-0.05, 0) is 30.7 Å². The van der Waals surface area contributed by atoms with Crippen molar-refractivity contribution in [3.63, 3.8) is 0 Å². The molecule has 0 bridgehead atoms. The highest BCUT2D eigenvalue weighted by molar-refractivity contribution is 5.46. The molecule has 0 saturated heterocycles. The van der Waals surface area contributed by atoms with Crippen LogP contribution in [0.5, 0.6) is 0 Å². The molecule has 5 heteroatoms. The van der Waals surface area contributed by atoms with E-state index >= 15 is 0 Å². The van der Waals surface area contributed by atoms with Crippen molar-refractivity contribution < 1.29 is 0 Å². The van der Waals surface area contributed by atoms with Crippen molar-refractivity contribution in [2.75, 3.05) is 5.32 Å². The number of aromatic amines is 1. The van der Waals surface area contributed by atoms with Gasteiger partial charge in [-0.15, -0.1) is 0 Å². The van der Waals surface area contributed by atoms with Crippen LogP contribution in [0.3, 0.4) is 0 Å². The Hall–Kier alpha value is -2.56. The van der Waals surface area contributed by atoms with E-state index in [1.165, 1.54) is 5.56 Å². The topological polar surface area (TPSA) is 58.5 Å². The first kappa shape index (κ1) is 12.5. The number of aryl methyl sites for hydroxylation is 1. The molecular formula is C15H17N5. The number of aromatic nitrogens is 4. The predicted octanol–water partition coefficient (Wildman–Crippen LogP) is 2.58. The molecule has 0 radical (unpaired) electrons. The molecule has 2 aromatic heterocycles. The number of hydrogen-bond donors (Lipinski definition) is 2. The van der Waals surface area contributed by atoms with Gasteiger partial charge in [-0.1, -0.05) is 12.1 Å². The van der Waals surface area contributed by atoms with Crippen molar-refractivity contribution in [1.82, 2.24) is 19.7 Å². The zero-order valence-electron chi connectivity index (χ0n) is 11.4. The second-order valence-corrected chi connectivity index (χ2v) is 4.73. The summed E-state index contributed by atoms with van der Waals surface area (Å²) in [6.45, 7) is 3.53. The number of H-pyrrole nitrogens is 1. The van der Waals surface area contributed by atoms with Crippen molar-refractivity contribution in [1.29, 1.82) is 0 Å². The van der Waals surface area contributed by atoms with E-state index in [0.29, 0.717) is 0 Å². The van der Waals surface area contributed by atoms with E-state index in [-0.39, 0.29) is 0 Å². The molecule has 0 unspecified atom stereocenters. The minimum atomic E-state index is 0.723. The van der Waals surface area contributed by atoms with Gasteiger partial charge in [0.25, 0.3) is 0 Å². The fourth-order valence-electron chi connectivity index (χ4n) is 2.11. The van der Waals surface area contributed by atoms with Crippen LogP contribution in [0.4, 0.5) is 5.69 Å². The van der Waals surface area contributed by atoms with Crippen molar-refractivity contribution in [3.8, 4) is 0 Å². The Kier molecular flexibility index (Phi) is 3.50. The van der Waals surface area contributed by atoms with E-state index in [1.54, 1.807) is 12.5 Å². The molecule has 0 spiro atoms. The van der Waals surface area contributed by atoms with Gasteiger partial charge in [0.05, 0.1) is 25.1 Å². The van der Waals surface area contributed by atoms with Crippen LogP contribution in [0.2, 0.25) is 0 Å². The fraction of sp³-hybridized carbons (Fsp3) is 0.200. The van der Waals surface area contributed by atoms with Crippen LogP contribution in [0.25, 0.3) is 0 Å². The SMILES string of the molecule is Cc1[nH]cnc1CNc1cccc(Cn2cccn2)c1. The van der Waals surface area contributed by atoms with Gasteiger partial charge in [0.2, 0.25) is 0 Å². The lowest BCUT2D eigenvalue weighted by Crippen LogP contribution is -2.03. The molecule has 2 N–H and O–H groups in total. The average Bonchev–Trinajstić information content (AvgIpc) is 3.09. The zero-order valence-corrected chi connectivity index (χ0v) is 11.4. The highest BCUT2D eigenvalue weighted by atomic mass is 15.3. The molecule has 5 nitrogen and oxygen atoms in total. The number of nitrogens with zero attached hydrogens (tertiary/aromatic N) is 3. The molecule has 0 fully saturated rings. The molecular weight excluding hydrogens is 250 g/mol. The van der Waals surface area contributed by atoms with E-state index in [0.717, 1.165) is 30.2 Å². The molecule has 0 aliphatic rings. The first-order valence-electron chi connectivity index (χ1n) is 6.60. The third kappa shape index (κ3) is 2.88. The Labute approximate surface area is 117 Å². The molecule has 0 amide bonds. The third-order valence-corrected chi connectivity index (χ3v) is 3.23. The van der Waals surface area contributed by atoms with Gasteiger partial charge in [0, 0.05) is 23.8 Å². The normalized spacial score (nSPS) is 10.7. The summed E-state index contributed by atoms with van der Waals surface area (Å²) >= 11 is 0. The summed E-state index contributed by atoms with van der Waals surface area (Å²) in [7, 11) is 0. The maximum atomic E-state index is 4.28. The molecule has 1 aromatic carbocycles. The Morgan fingerprint density at radius 2 is 2.25 bits per heavy atom. The second-order valence-electron chi connectivity index (χ2n) is 4.73. The Morgan fingerprint density at radius 1 is 1.30 bits per heavy atom. The third-order valence-electron chi connectivity index (χ3n) is 3.23. The zero-order chi connectivity index (χ0) is 13.8. The monoisotopic (exact) mass is 267 g/mol. The van der Waals surface area contributed by atoms with E-state index in [4.69, 9.17) is 0 Å². The van der Waals surface area contributed by atoms with Crippen molar-refractivity contribution in [2.24, 2.45) is 0 Å². The summed E-state index contributed by atoms with van der Waals surface area (Å²) in [4.78, 5) is 7.37. The van der Waals surface area contributed by atoms with Crippen molar-refractivity contribution in [3.05, 3.63) is 66.0 Å². The van der Waals surface area contributed by atoms with E-state index in [2.05, 4.69) is 44.6 Å². The van der Waals surface area contributed by atoms with Gasteiger partial charge in [0.1, 0.15) is 0 Å². The van der Waals surface area contributed by atoms with Gasteiger partial charge in [-0.3, -0.25) is 4.68 Å². The van der Waals surface area contributed by atoms with Gasteiger partial charge >= 0.3 is 0 Å². The lowest BCUT2D eigenvalue weighted by Gasteiger charge is -2.08. The summed E-state index contributed by atoms with van der Waals surface area (Å²) in [5.41, 5.74) is 4.46. The predicted molar refractivity (Wildman–Crippen MR) is 78.4 cm³/mol. The average molecular weight is 267 g/mol. The number of anilines is 1. The van der Waals surface area contributed by atoms with Crippen molar-refractivity contribution in [2.45, 2.75) is 20.0 Å². The van der Waals surface area contributed by atoms with Crippen LogP contribution in [0, 0.1) is 6.92 Å². The number of hydrogen-bond acceptors (Lipinski definition) is 3. The van der Waals surface area contributed by atoms with Crippen LogP contribution < -0.4 is 5.32 Å². The Balaban J connectivity index is 1.67. The molecule has 102 valence electrons. The molecule has 0 aliphatic carbocycles. The molecule has 0 saturated carbocycles. The van der Waals surface area contributed by atoms with Gasteiger partial charge in [-0.2, -0.15) is 5.10 Å². The molecule has 3 aromatic rings. The van der Waals surface area contributed by atoms with Crippen LogP contribution in [-0.4, -0.2) is 19.7 Å². The largest absolute Gasteiger partial charge is 0.379 e. The lowest BCUT2D eigenvalue weighted by atomic mass is 10.2. The van der Waals surface area contributed by atoms with E-state index < -0.39 is 0 Å². The van der Waals surface area contributed by atoms with Crippen molar-refractivity contribution >= 4 is 5.69 Å². The maximum absolute atomic E-state index is 4.28. The van der Waals surface area contributed by atoms with Crippen LogP contribution >= 0.6 is 0 Å². The quantitative estimate of drug-likeness (QED) is 0.747. The number of imidazole rings is 1. The summed E-state index contributed by atoms with van der Waals surface area (Å²) in [5, 5.41) is 7.62. The minimum absolute atomic E-state index is 0.723. The highest BCUT2D eigenvalue weighted by Gasteiger charge is 2.01. The number of benzene rings is 1. The standard InChI is InChI=1S/C15H17N5/c1-12-15(18-11-17-12)9-16-14-5-2-4-13(8-14)10-20-7-3-6-19-20/h2-8,11,16H,9-10H2,1H3,(H,17,18). The smallest absolute Gasteiger partial charge is 0.0925 e. The van der Waals surface area contributed by atoms with Crippen LogP contribution in [0.15, 0.2) is 49.1 Å². The summed E-state index contributed by atoms with van der Waals surface area (Å²) in [5.74, 6) is 0. The lowest BCUT2D eigenvalue weighted by molar-refractivity contribution is 0.687. The number of nitrogens with one attached hydrogen (secondary N) is 2. The molecule has 0 atom stereocenters. The van der Waals surface area contributed by atoms with Gasteiger partial charge in [0.15, 0.2) is 0 Å². The summed E-state index contributed by atoms with van der Waals surface area (Å²) in [6.07, 6.45) is 5.48. The summed E-state index contributed by atoms with van der Waals surface area (Å²) < 4.78 is 1.91. The first-order chi connectivity index (χ1) is 9.81. The molecule has 3 rings (SSSR count). The molecule has 2 heterocycles. The highest BCUT2D eigenvalue weighted by Crippen LogP contribution is 2.13.